The van der Waals surface area contributed by atoms with Crippen LogP contribution in [0.2, 0.25) is 5.02 Å². The minimum absolute atomic E-state index is 0.272. The van der Waals surface area contributed by atoms with Crippen LogP contribution >= 0.6 is 11.6 Å². The zero-order valence-corrected chi connectivity index (χ0v) is 20.7. The molecule has 0 spiro atoms. The summed E-state index contributed by atoms with van der Waals surface area (Å²) in [5, 5.41) is 10.7. The fourth-order valence-electron chi connectivity index (χ4n) is 5.50. The first-order valence-electron chi connectivity index (χ1n) is 12.8. The topological polar surface area (TPSA) is 20.2 Å². The fourth-order valence-corrected chi connectivity index (χ4v) is 5.78. The van der Waals surface area contributed by atoms with Crippen LogP contribution in [-0.2, 0) is 0 Å². The largest absolute Gasteiger partial charge is 0.508 e. The second kappa shape index (κ2) is 11.7. The van der Waals surface area contributed by atoms with Gasteiger partial charge in [-0.25, -0.2) is 0 Å². The molecule has 2 heteroatoms. The molecular formula is C31H37ClO. The third-order valence-electron chi connectivity index (χ3n) is 7.38. The first-order chi connectivity index (χ1) is 16.2. The molecule has 1 aliphatic rings. The molecule has 4 rings (SSSR count). The number of phenolic OH excluding ortho intramolecular Hbond substituents is 1. The molecule has 0 aromatic heterocycles. The first-order valence-corrected chi connectivity index (χ1v) is 13.2. The van der Waals surface area contributed by atoms with Crippen LogP contribution in [0, 0.1) is 5.92 Å². The van der Waals surface area contributed by atoms with Crippen LogP contribution in [0.25, 0.3) is 22.3 Å². The lowest BCUT2D eigenvalue weighted by Crippen LogP contribution is -2.13. The molecule has 3 aromatic rings. The number of halogens is 1. The van der Waals surface area contributed by atoms with E-state index in [-0.39, 0.29) is 5.75 Å². The number of benzene rings is 3. The Kier molecular flexibility index (Phi) is 8.51. The molecule has 0 bridgehead atoms. The van der Waals surface area contributed by atoms with Gasteiger partial charge in [0.2, 0.25) is 0 Å². The zero-order chi connectivity index (χ0) is 23.0. The standard InChI is InChI=1S/C31H37ClO/c1-2-3-4-5-6-10-23-17-19-24(20-18-23)25-11-7-13-27(21-25)31-29(15-9-16-30(31)32)26-12-8-14-28(33)22-26/h7-9,11-16,21-24,33H,2-6,10,17-20H2,1H3/t23-,24-. The van der Waals surface area contributed by atoms with Gasteiger partial charge in [0.05, 0.1) is 0 Å². The predicted octanol–water partition coefficient (Wildman–Crippen LogP) is 10.0. The van der Waals surface area contributed by atoms with Crippen molar-refractivity contribution in [1.29, 1.82) is 0 Å². The Morgan fingerprint density at radius 3 is 2.30 bits per heavy atom. The van der Waals surface area contributed by atoms with Gasteiger partial charge in [-0.3, -0.25) is 0 Å². The molecule has 33 heavy (non-hydrogen) atoms. The number of hydrogen-bond acceptors (Lipinski definition) is 1. The zero-order valence-electron chi connectivity index (χ0n) is 19.9. The summed E-state index contributed by atoms with van der Waals surface area (Å²) in [5.74, 6) is 1.84. The minimum Gasteiger partial charge on any atom is -0.508 e. The second-order valence-electron chi connectivity index (χ2n) is 9.76. The van der Waals surface area contributed by atoms with E-state index < -0.39 is 0 Å². The second-order valence-corrected chi connectivity index (χ2v) is 10.2. The van der Waals surface area contributed by atoms with Crippen molar-refractivity contribution in [2.75, 3.05) is 0 Å². The fraction of sp³-hybridized carbons (Fsp3) is 0.419. The lowest BCUT2D eigenvalue weighted by Gasteiger charge is -2.29. The van der Waals surface area contributed by atoms with Gasteiger partial charge in [-0.2, -0.15) is 0 Å². The van der Waals surface area contributed by atoms with Crippen molar-refractivity contribution in [2.45, 2.75) is 77.0 Å². The van der Waals surface area contributed by atoms with E-state index in [2.05, 4.69) is 37.3 Å². The van der Waals surface area contributed by atoms with Crippen molar-refractivity contribution < 1.29 is 5.11 Å². The Morgan fingerprint density at radius 2 is 1.52 bits per heavy atom. The molecule has 1 nitrogen and oxygen atoms in total. The lowest BCUT2D eigenvalue weighted by molar-refractivity contribution is 0.302. The normalized spacial score (nSPS) is 18.4. The van der Waals surface area contributed by atoms with Crippen molar-refractivity contribution in [3.05, 3.63) is 77.3 Å². The summed E-state index contributed by atoms with van der Waals surface area (Å²) in [5.41, 5.74) is 5.69. The Morgan fingerprint density at radius 1 is 0.788 bits per heavy atom. The molecule has 0 heterocycles. The smallest absolute Gasteiger partial charge is 0.116 e. The number of unbranched alkanes of at least 4 members (excludes halogenated alkanes) is 4. The molecule has 0 radical (unpaired) electrons. The Bertz CT molecular complexity index is 1030. The van der Waals surface area contributed by atoms with Crippen LogP contribution in [0.5, 0.6) is 5.75 Å². The van der Waals surface area contributed by atoms with Crippen molar-refractivity contribution in [3.63, 3.8) is 0 Å². The van der Waals surface area contributed by atoms with Gasteiger partial charge in [0.15, 0.2) is 0 Å². The Labute approximate surface area is 204 Å². The van der Waals surface area contributed by atoms with E-state index in [1.54, 1.807) is 6.07 Å². The molecule has 0 saturated heterocycles. The van der Waals surface area contributed by atoms with Gasteiger partial charge < -0.3 is 5.11 Å². The van der Waals surface area contributed by atoms with E-state index in [0.29, 0.717) is 5.92 Å². The third kappa shape index (κ3) is 6.21. The minimum atomic E-state index is 0.272. The van der Waals surface area contributed by atoms with Crippen LogP contribution in [-0.4, -0.2) is 5.11 Å². The van der Waals surface area contributed by atoms with Gasteiger partial charge in [0.1, 0.15) is 5.75 Å². The summed E-state index contributed by atoms with van der Waals surface area (Å²) in [7, 11) is 0. The number of phenols is 1. The summed E-state index contributed by atoms with van der Waals surface area (Å²) in [4.78, 5) is 0. The summed E-state index contributed by atoms with van der Waals surface area (Å²) in [6.45, 7) is 2.29. The number of rotatable bonds is 9. The average Bonchev–Trinajstić information content (AvgIpc) is 2.84. The molecule has 1 N–H and O–H groups in total. The lowest BCUT2D eigenvalue weighted by atomic mass is 9.76. The van der Waals surface area contributed by atoms with Gasteiger partial charge in [0.25, 0.3) is 0 Å². The van der Waals surface area contributed by atoms with Crippen LogP contribution in [0.3, 0.4) is 0 Å². The van der Waals surface area contributed by atoms with Crippen LogP contribution in [0.15, 0.2) is 66.7 Å². The maximum absolute atomic E-state index is 10.00. The first kappa shape index (κ1) is 23.9. The van der Waals surface area contributed by atoms with E-state index in [4.69, 9.17) is 11.6 Å². The highest BCUT2D eigenvalue weighted by Gasteiger charge is 2.23. The molecular weight excluding hydrogens is 424 g/mol. The van der Waals surface area contributed by atoms with Crippen molar-refractivity contribution in [1.82, 2.24) is 0 Å². The molecule has 0 unspecified atom stereocenters. The quantitative estimate of drug-likeness (QED) is 0.315. The highest BCUT2D eigenvalue weighted by atomic mass is 35.5. The summed E-state index contributed by atoms with van der Waals surface area (Å²) < 4.78 is 0. The van der Waals surface area contributed by atoms with Gasteiger partial charge in [-0.15, -0.1) is 0 Å². The Balaban J connectivity index is 1.48. The monoisotopic (exact) mass is 460 g/mol. The van der Waals surface area contributed by atoms with Gasteiger partial charge in [-0.1, -0.05) is 106 Å². The van der Waals surface area contributed by atoms with Gasteiger partial charge >= 0.3 is 0 Å². The van der Waals surface area contributed by atoms with E-state index in [9.17, 15) is 5.11 Å². The van der Waals surface area contributed by atoms with Crippen LogP contribution in [0.4, 0.5) is 0 Å². The van der Waals surface area contributed by atoms with Crippen molar-refractivity contribution >= 4 is 11.6 Å². The predicted molar refractivity (Wildman–Crippen MR) is 142 cm³/mol. The van der Waals surface area contributed by atoms with Crippen LogP contribution in [0.1, 0.15) is 82.6 Å². The summed E-state index contributed by atoms with van der Waals surface area (Å²) in [6.07, 6.45) is 13.7. The van der Waals surface area contributed by atoms with Gasteiger partial charge in [-0.05, 0) is 78.0 Å². The van der Waals surface area contributed by atoms with E-state index in [1.165, 1.54) is 69.8 Å². The van der Waals surface area contributed by atoms with E-state index in [0.717, 1.165) is 33.2 Å². The molecule has 174 valence electrons. The molecule has 1 fully saturated rings. The molecule has 0 amide bonds. The highest BCUT2D eigenvalue weighted by molar-refractivity contribution is 6.34. The maximum atomic E-state index is 10.00. The maximum Gasteiger partial charge on any atom is 0.116 e. The number of aromatic hydroxyl groups is 1. The van der Waals surface area contributed by atoms with Gasteiger partial charge in [0, 0.05) is 10.6 Å². The molecule has 1 aliphatic carbocycles. The van der Waals surface area contributed by atoms with Crippen molar-refractivity contribution in [2.24, 2.45) is 5.92 Å². The number of hydrogen-bond donors (Lipinski definition) is 1. The molecule has 1 saturated carbocycles. The Hall–Kier alpha value is -2.25. The molecule has 0 aliphatic heterocycles. The van der Waals surface area contributed by atoms with Crippen molar-refractivity contribution in [3.8, 4) is 28.0 Å². The molecule has 0 atom stereocenters. The average molecular weight is 461 g/mol. The molecule has 3 aromatic carbocycles. The SMILES string of the molecule is CCCCCCC[C@H]1CC[C@H](c2cccc(-c3c(Cl)cccc3-c3cccc(O)c3)c2)CC1. The summed E-state index contributed by atoms with van der Waals surface area (Å²) in [6, 6.07) is 22.5. The summed E-state index contributed by atoms with van der Waals surface area (Å²) >= 11 is 6.73. The van der Waals surface area contributed by atoms with E-state index in [1.807, 2.05) is 30.3 Å². The van der Waals surface area contributed by atoms with E-state index >= 15 is 0 Å². The highest BCUT2D eigenvalue weighted by Crippen LogP contribution is 2.42. The third-order valence-corrected chi connectivity index (χ3v) is 7.70. The van der Waals surface area contributed by atoms with Crippen LogP contribution < -0.4 is 0 Å².